The Morgan fingerprint density at radius 3 is 3.07 bits per heavy atom. The molecule has 0 aromatic carbocycles. The van der Waals surface area contributed by atoms with E-state index in [0.29, 0.717) is 6.54 Å². The van der Waals surface area contributed by atoms with E-state index in [4.69, 9.17) is 11.6 Å². The van der Waals surface area contributed by atoms with Crippen molar-refractivity contribution >= 4 is 28.8 Å². The maximum absolute atomic E-state index is 5.70. The number of aryl methyl sites for hydroxylation is 1. The largest absolute Gasteiger partial charge is 0.364 e. The SMILES string of the molecule is Cc1cnc(Cl)nc1NCc1cscn1. The van der Waals surface area contributed by atoms with Crippen molar-refractivity contribution in [2.45, 2.75) is 13.5 Å². The highest BCUT2D eigenvalue weighted by molar-refractivity contribution is 7.07. The van der Waals surface area contributed by atoms with Crippen LogP contribution >= 0.6 is 22.9 Å². The summed E-state index contributed by atoms with van der Waals surface area (Å²) in [4.78, 5) is 12.1. The number of halogens is 1. The smallest absolute Gasteiger partial charge is 0.224 e. The van der Waals surface area contributed by atoms with Gasteiger partial charge in [-0.2, -0.15) is 0 Å². The van der Waals surface area contributed by atoms with E-state index in [9.17, 15) is 0 Å². The maximum atomic E-state index is 5.70. The Hall–Kier alpha value is -1.20. The molecule has 0 aliphatic rings. The fourth-order valence-electron chi connectivity index (χ4n) is 1.10. The topological polar surface area (TPSA) is 50.7 Å². The van der Waals surface area contributed by atoms with Gasteiger partial charge in [-0.05, 0) is 18.5 Å². The third-order valence-electron chi connectivity index (χ3n) is 1.86. The molecule has 0 aliphatic carbocycles. The summed E-state index contributed by atoms with van der Waals surface area (Å²) in [6.07, 6.45) is 1.69. The molecule has 0 spiro atoms. The van der Waals surface area contributed by atoms with Crippen LogP contribution in [0.2, 0.25) is 5.28 Å². The Kier molecular flexibility index (Phi) is 3.13. The van der Waals surface area contributed by atoms with Crippen molar-refractivity contribution in [1.82, 2.24) is 15.0 Å². The predicted octanol–water partition coefficient (Wildman–Crippen LogP) is 2.51. The lowest BCUT2D eigenvalue weighted by atomic mass is 10.3. The quantitative estimate of drug-likeness (QED) is 0.838. The van der Waals surface area contributed by atoms with Crippen LogP contribution in [-0.4, -0.2) is 15.0 Å². The highest BCUT2D eigenvalue weighted by atomic mass is 35.5. The molecule has 0 fully saturated rings. The fraction of sp³-hybridized carbons (Fsp3) is 0.222. The Morgan fingerprint density at radius 1 is 1.47 bits per heavy atom. The summed E-state index contributed by atoms with van der Waals surface area (Å²) in [5.41, 5.74) is 3.76. The van der Waals surface area contributed by atoms with Gasteiger partial charge in [0.1, 0.15) is 5.82 Å². The highest BCUT2D eigenvalue weighted by Gasteiger charge is 2.02. The lowest BCUT2D eigenvalue weighted by molar-refractivity contribution is 1.03. The molecule has 0 radical (unpaired) electrons. The van der Waals surface area contributed by atoms with Crippen molar-refractivity contribution < 1.29 is 0 Å². The number of aromatic nitrogens is 3. The van der Waals surface area contributed by atoms with Crippen LogP contribution in [-0.2, 0) is 6.54 Å². The van der Waals surface area contributed by atoms with Gasteiger partial charge in [0, 0.05) is 17.1 Å². The first-order valence-electron chi connectivity index (χ1n) is 4.36. The van der Waals surface area contributed by atoms with E-state index in [2.05, 4.69) is 20.3 Å². The maximum Gasteiger partial charge on any atom is 0.224 e. The van der Waals surface area contributed by atoms with Crippen molar-refractivity contribution in [3.8, 4) is 0 Å². The molecule has 0 saturated heterocycles. The van der Waals surface area contributed by atoms with Crippen molar-refractivity contribution in [1.29, 1.82) is 0 Å². The Labute approximate surface area is 96.4 Å². The lowest BCUT2D eigenvalue weighted by Crippen LogP contribution is -2.04. The first-order valence-corrected chi connectivity index (χ1v) is 5.68. The van der Waals surface area contributed by atoms with Crippen LogP contribution < -0.4 is 5.32 Å². The summed E-state index contributed by atoms with van der Waals surface area (Å²) in [6, 6.07) is 0. The fourth-order valence-corrected chi connectivity index (χ4v) is 1.79. The van der Waals surface area contributed by atoms with Gasteiger partial charge < -0.3 is 5.32 Å². The Bertz CT molecular complexity index is 443. The summed E-state index contributed by atoms with van der Waals surface area (Å²) in [5, 5.41) is 5.41. The van der Waals surface area contributed by atoms with Crippen LogP contribution in [0.25, 0.3) is 0 Å². The number of hydrogen-bond donors (Lipinski definition) is 1. The Morgan fingerprint density at radius 2 is 2.33 bits per heavy atom. The van der Waals surface area contributed by atoms with E-state index in [0.717, 1.165) is 17.1 Å². The number of hydrogen-bond acceptors (Lipinski definition) is 5. The first kappa shape index (κ1) is 10.3. The molecule has 1 N–H and O–H groups in total. The van der Waals surface area contributed by atoms with Gasteiger partial charge in [0.15, 0.2) is 0 Å². The summed E-state index contributed by atoms with van der Waals surface area (Å²) in [6.45, 7) is 2.58. The van der Waals surface area contributed by atoms with Gasteiger partial charge in [0.2, 0.25) is 5.28 Å². The molecule has 6 heteroatoms. The van der Waals surface area contributed by atoms with Crippen molar-refractivity contribution in [3.63, 3.8) is 0 Å². The van der Waals surface area contributed by atoms with Crippen LogP contribution in [0.1, 0.15) is 11.3 Å². The van der Waals surface area contributed by atoms with Crippen LogP contribution in [0, 0.1) is 6.92 Å². The van der Waals surface area contributed by atoms with Crippen molar-refractivity contribution in [2.24, 2.45) is 0 Å². The van der Waals surface area contributed by atoms with E-state index in [1.807, 2.05) is 12.3 Å². The van der Waals surface area contributed by atoms with Gasteiger partial charge in [-0.15, -0.1) is 11.3 Å². The minimum absolute atomic E-state index is 0.251. The third-order valence-corrected chi connectivity index (χ3v) is 2.68. The molecule has 0 bridgehead atoms. The molecule has 0 unspecified atom stereocenters. The second-order valence-electron chi connectivity index (χ2n) is 3.00. The molecule has 2 aromatic heterocycles. The zero-order chi connectivity index (χ0) is 10.7. The van der Waals surface area contributed by atoms with Crippen LogP contribution in [0.15, 0.2) is 17.1 Å². The average molecular weight is 241 g/mol. The van der Waals surface area contributed by atoms with Gasteiger partial charge in [0.05, 0.1) is 17.7 Å². The van der Waals surface area contributed by atoms with E-state index >= 15 is 0 Å². The molecule has 0 atom stereocenters. The minimum Gasteiger partial charge on any atom is -0.364 e. The van der Waals surface area contributed by atoms with Crippen LogP contribution in [0.3, 0.4) is 0 Å². The lowest BCUT2D eigenvalue weighted by Gasteiger charge is -2.06. The van der Waals surface area contributed by atoms with Crippen LogP contribution in [0.4, 0.5) is 5.82 Å². The second-order valence-corrected chi connectivity index (χ2v) is 4.06. The van der Waals surface area contributed by atoms with Gasteiger partial charge in [-0.1, -0.05) is 0 Å². The van der Waals surface area contributed by atoms with E-state index in [1.54, 1.807) is 23.0 Å². The van der Waals surface area contributed by atoms with E-state index in [-0.39, 0.29) is 5.28 Å². The normalized spacial score (nSPS) is 10.3. The van der Waals surface area contributed by atoms with Crippen LogP contribution in [0.5, 0.6) is 0 Å². The molecule has 4 nitrogen and oxygen atoms in total. The average Bonchev–Trinajstić information content (AvgIpc) is 2.72. The summed E-state index contributed by atoms with van der Waals surface area (Å²) in [7, 11) is 0. The highest BCUT2D eigenvalue weighted by Crippen LogP contribution is 2.13. The number of rotatable bonds is 3. The minimum atomic E-state index is 0.251. The molecule has 2 rings (SSSR count). The monoisotopic (exact) mass is 240 g/mol. The molecule has 78 valence electrons. The second kappa shape index (κ2) is 4.55. The molecular formula is C9H9ClN4S. The molecule has 0 aliphatic heterocycles. The number of anilines is 1. The van der Waals surface area contributed by atoms with Gasteiger partial charge in [0.25, 0.3) is 0 Å². The molecule has 2 heterocycles. The van der Waals surface area contributed by atoms with Gasteiger partial charge >= 0.3 is 0 Å². The summed E-state index contributed by atoms with van der Waals surface area (Å²) >= 11 is 7.27. The van der Waals surface area contributed by atoms with E-state index < -0.39 is 0 Å². The molecule has 15 heavy (non-hydrogen) atoms. The number of nitrogens with one attached hydrogen (secondary N) is 1. The van der Waals surface area contributed by atoms with Gasteiger partial charge in [-0.3, -0.25) is 0 Å². The molecular weight excluding hydrogens is 232 g/mol. The number of thiazole rings is 1. The molecule has 0 amide bonds. The van der Waals surface area contributed by atoms with Gasteiger partial charge in [-0.25, -0.2) is 15.0 Å². The van der Waals surface area contributed by atoms with E-state index in [1.165, 1.54) is 0 Å². The third kappa shape index (κ3) is 2.64. The number of nitrogens with zero attached hydrogens (tertiary/aromatic N) is 3. The summed E-state index contributed by atoms with van der Waals surface area (Å²) < 4.78 is 0. The zero-order valence-corrected chi connectivity index (χ0v) is 9.64. The standard InChI is InChI=1S/C9H9ClN4S/c1-6-2-12-9(10)14-8(6)11-3-7-4-15-5-13-7/h2,4-5H,3H2,1H3,(H,11,12,14). The summed E-state index contributed by atoms with van der Waals surface area (Å²) in [5.74, 6) is 0.753. The van der Waals surface area contributed by atoms with Crippen molar-refractivity contribution in [2.75, 3.05) is 5.32 Å². The first-order chi connectivity index (χ1) is 7.25. The molecule has 2 aromatic rings. The predicted molar refractivity (Wildman–Crippen MR) is 61.2 cm³/mol. The molecule has 0 saturated carbocycles. The Balaban J connectivity index is 2.07. The zero-order valence-electron chi connectivity index (χ0n) is 8.07. The van der Waals surface area contributed by atoms with Crippen molar-refractivity contribution in [3.05, 3.63) is 33.6 Å².